The summed E-state index contributed by atoms with van der Waals surface area (Å²) in [5.41, 5.74) is 0.719. The Balaban J connectivity index is 1.90. The van der Waals surface area contributed by atoms with E-state index in [1.807, 2.05) is 0 Å². The predicted molar refractivity (Wildman–Crippen MR) is 95.9 cm³/mol. The van der Waals surface area contributed by atoms with Crippen molar-refractivity contribution in [3.63, 3.8) is 0 Å². The first-order chi connectivity index (χ1) is 12.5. The average Bonchev–Trinajstić information content (AvgIpc) is 3.03. The molecule has 1 aromatic rings. The number of carbonyl (C=O) groups is 3. The zero-order chi connectivity index (χ0) is 19.1. The van der Waals surface area contributed by atoms with Gasteiger partial charge < -0.3 is 25.0 Å². The van der Waals surface area contributed by atoms with Crippen molar-refractivity contribution >= 4 is 23.4 Å². The third kappa shape index (κ3) is 4.95. The van der Waals surface area contributed by atoms with Gasteiger partial charge >= 0.3 is 0 Å². The molecule has 1 saturated heterocycles. The molecule has 2 unspecified atom stereocenters. The molecule has 1 aliphatic heterocycles. The van der Waals surface area contributed by atoms with Gasteiger partial charge in [0.15, 0.2) is 0 Å². The fourth-order valence-corrected chi connectivity index (χ4v) is 2.72. The van der Waals surface area contributed by atoms with Crippen LogP contribution in [0.5, 0.6) is 5.75 Å². The predicted octanol–water partition coefficient (Wildman–Crippen LogP) is 0.315. The maximum absolute atomic E-state index is 12.4. The van der Waals surface area contributed by atoms with Gasteiger partial charge in [0, 0.05) is 32.3 Å². The lowest BCUT2D eigenvalue weighted by atomic mass is 10.1. The molecule has 1 aliphatic rings. The summed E-state index contributed by atoms with van der Waals surface area (Å²) in [5, 5.41) is 5.33. The molecule has 2 atom stereocenters. The van der Waals surface area contributed by atoms with E-state index >= 15 is 0 Å². The summed E-state index contributed by atoms with van der Waals surface area (Å²) < 4.78 is 9.97. The van der Waals surface area contributed by atoms with E-state index in [1.165, 1.54) is 0 Å². The molecule has 1 aromatic carbocycles. The topological polar surface area (TPSA) is 97.0 Å². The summed E-state index contributed by atoms with van der Waals surface area (Å²) in [5.74, 6) is -0.496. The van der Waals surface area contributed by atoms with E-state index in [9.17, 15) is 14.4 Å². The molecule has 0 saturated carbocycles. The number of amides is 3. The Morgan fingerprint density at radius 3 is 2.58 bits per heavy atom. The third-order valence-electron chi connectivity index (χ3n) is 4.24. The van der Waals surface area contributed by atoms with E-state index in [2.05, 4.69) is 10.6 Å². The third-order valence-corrected chi connectivity index (χ3v) is 4.24. The molecule has 0 spiro atoms. The molecule has 3 amide bonds. The fraction of sp³-hybridized carbons (Fsp3) is 0.500. The fourth-order valence-electron chi connectivity index (χ4n) is 2.72. The highest BCUT2D eigenvalue weighted by molar-refractivity contribution is 6.01. The van der Waals surface area contributed by atoms with Gasteiger partial charge in [-0.3, -0.25) is 14.4 Å². The van der Waals surface area contributed by atoms with Crippen molar-refractivity contribution in [2.24, 2.45) is 5.92 Å². The van der Waals surface area contributed by atoms with E-state index in [-0.39, 0.29) is 30.7 Å². The van der Waals surface area contributed by atoms with Crippen LogP contribution in [0, 0.1) is 5.92 Å². The summed E-state index contributed by atoms with van der Waals surface area (Å²) in [4.78, 5) is 38.1. The first-order valence-electron chi connectivity index (χ1n) is 8.47. The Hall–Kier alpha value is -2.61. The quantitative estimate of drug-likeness (QED) is 0.648. The van der Waals surface area contributed by atoms with Crippen LogP contribution in [0.15, 0.2) is 24.3 Å². The van der Waals surface area contributed by atoms with E-state index in [0.717, 1.165) is 5.69 Å². The Labute approximate surface area is 152 Å². The number of hydrogen-bond acceptors (Lipinski definition) is 5. The number of nitrogens with zero attached hydrogens (tertiary/aromatic N) is 1. The number of carbonyl (C=O) groups excluding carboxylic acids is 3. The van der Waals surface area contributed by atoms with E-state index in [0.29, 0.717) is 18.9 Å². The number of methoxy groups -OCH3 is 2. The lowest BCUT2D eigenvalue weighted by molar-refractivity contribution is -0.131. The number of ether oxygens (including phenoxy) is 2. The summed E-state index contributed by atoms with van der Waals surface area (Å²) >= 11 is 0. The van der Waals surface area contributed by atoms with Gasteiger partial charge in [-0.15, -0.1) is 0 Å². The summed E-state index contributed by atoms with van der Waals surface area (Å²) in [7, 11) is 3.12. The summed E-state index contributed by atoms with van der Waals surface area (Å²) in [6, 6.07) is 6.42. The molecule has 0 radical (unpaired) electrons. The van der Waals surface area contributed by atoms with Crippen molar-refractivity contribution in [2.75, 3.05) is 38.8 Å². The number of hydrogen-bond donors (Lipinski definition) is 2. The van der Waals surface area contributed by atoms with Gasteiger partial charge in [0.25, 0.3) is 0 Å². The molecule has 0 aliphatic carbocycles. The highest BCUT2D eigenvalue weighted by atomic mass is 16.5. The zero-order valence-electron chi connectivity index (χ0n) is 15.3. The monoisotopic (exact) mass is 363 g/mol. The minimum atomic E-state index is -0.676. The Kier molecular flexibility index (Phi) is 6.97. The molecular weight excluding hydrogens is 338 g/mol. The van der Waals surface area contributed by atoms with Gasteiger partial charge in [-0.05, 0) is 31.2 Å². The van der Waals surface area contributed by atoms with Crippen molar-refractivity contribution in [1.82, 2.24) is 10.6 Å². The second-order valence-electron chi connectivity index (χ2n) is 6.12. The highest BCUT2D eigenvalue weighted by Crippen LogP contribution is 2.26. The largest absolute Gasteiger partial charge is 0.497 e. The molecule has 142 valence electrons. The first-order valence-corrected chi connectivity index (χ1v) is 8.47. The summed E-state index contributed by atoms with van der Waals surface area (Å²) in [6.45, 7) is 2.68. The molecular formula is C18H25N3O5. The molecule has 8 nitrogen and oxygen atoms in total. The Morgan fingerprint density at radius 2 is 1.96 bits per heavy atom. The molecule has 0 aromatic heterocycles. The molecule has 1 heterocycles. The number of benzene rings is 1. The van der Waals surface area contributed by atoms with Crippen LogP contribution < -0.4 is 20.3 Å². The van der Waals surface area contributed by atoms with Crippen molar-refractivity contribution in [3.05, 3.63) is 24.3 Å². The van der Waals surface area contributed by atoms with Crippen LogP contribution in [-0.4, -0.2) is 57.7 Å². The molecule has 2 rings (SSSR count). The molecule has 26 heavy (non-hydrogen) atoms. The normalized spacial score (nSPS) is 17.7. The van der Waals surface area contributed by atoms with E-state index in [1.54, 1.807) is 50.3 Å². The second-order valence-corrected chi connectivity index (χ2v) is 6.12. The zero-order valence-corrected chi connectivity index (χ0v) is 15.3. The van der Waals surface area contributed by atoms with E-state index in [4.69, 9.17) is 9.47 Å². The first kappa shape index (κ1) is 19.7. The van der Waals surface area contributed by atoms with Crippen molar-refractivity contribution in [2.45, 2.75) is 19.4 Å². The van der Waals surface area contributed by atoms with Gasteiger partial charge in [0.1, 0.15) is 11.8 Å². The van der Waals surface area contributed by atoms with Crippen molar-refractivity contribution < 1.29 is 23.9 Å². The van der Waals surface area contributed by atoms with E-state index < -0.39 is 12.0 Å². The minimum Gasteiger partial charge on any atom is -0.497 e. The Morgan fingerprint density at radius 1 is 1.27 bits per heavy atom. The SMILES string of the molecule is COCCNC(=O)C(C)NC(=O)C1CC(=O)N(c2ccc(OC)cc2)C1. The lowest BCUT2D eigenvalue weighted by Gasteiger charge is -2.18. The van der Waals surface area contributed by atoms with Crippen molar-refractivity contribution in [1.29, 1.82) is 0 Å². The number of nitrogens with one attached hydrogen (secondary N) is 2. The van der Waals surface area contributed by atoms with Gasteiger partial charge in [0.05, 0.1) is 19.6 Å². The maximum atomic E-state index is 12.4. The molecule has 8 heteroatoms. The number of rotatable bonds is 8. The van der Waals surface area contributed by atoms with Gasteiger partial charge in [-0.2, -0.15) is 0 Å². The van der Waals surface area contributed by atoms with Crippen LogP contribution in [0.1, 0.15) is 13.3 Å². The van der Waals surface area contributed by atoms with Crippen LogP contribution in [-0.2, 0) is 19.1 Å². The molecule has 2 N–H and O–H groups in total. The van der Waals surface area contributed by atoms with Gasteiger partial charge in [-0.25, -0.2) is 0 Å². The maximum Gasteiger partial charge on any atom is 0.242 e. The smallest absolute Gasteiger partial charge is 0.242 e. The van der Waals surface area contributed by atoms with Gasteiger partial charge in [-0.1, -0.05) is 0 Å². The molecule has 0 bridgehead atoms. The average molecular weight is 363 g/mol. The second kappa shape index (κ2) is 9.19. The highest BCUT2D eigenvalue weighted by Gasteiger charge is 2.36. The van der Waals surface area contributed by atoms with Crippen LogP contribution in [0.3, 0.4) is 0 Å². The standard InChI is InChI=1S/C18H25N3O5/c1-12(17(23)19-8-9-25-2)20-18(24)13-10-16(22)21(11-13)14-4-6-15(26-3)7-5-14/h4-7,12-13H,8-11H2,1-3H3,(H,19,23)(H,20,24). The minimum absolute atomic E-state index is 0.118. The lowest BCUT2D eigenvalue weighted by Crippen LogP contribution is -2.47. The van der Waals surface area contributed by atoms with Crippen LogP contribution in [0.2, 0.25) is 0 Å². The molecule has 1 fully saturated rings. The number of anilines is 1. The van der Waals surface area contributed by atoms with Crippen LogP contribution in [0.4, 0.5) is 5.69 Å². The van der Waals surface area contributed by atoms with Gasteiger partial charge in [0.2, 0.25) is 17.7 Å². The Bertz CT molecular complexity index is 647. The summed E-state index contributed by atoms with van der Waals surface area (Å²) in [6.07, 6.45) is 0.121. The van der Waals surface area contributed by atoms with Crippen LogP contribution >= 0.6 is 0 Å². The van der Waals surface area contributed by atoms with Crippen LogP contribution in [0.25, 0.3) is 0 Å². The van der Waals surface area contributed by atoms with Crippen molar-refractivity contribution in [3.8, 4) is 5.75 Å².